The van der Waals surface area contributed by atoms with Crippen molar-refractivity contribution >= 4 is 0 Å². The smallest absolute Gasteiger partial charge is 0.0506 e. The van der Waals surface area contributed by atoms with E-state index in [0.717, 1.165) is 25.0 Å². The summed E-state index contributed by atoms with van der Waals surface area (Å²) >= 11 is 0. The second-order valence-electron chi connectivity index (χ2n) is 5.93. The molecule has 2 heteroatoms. The second kappa shape index (κ2) is 7.38. The molecule has 2 aliphatic rings. The molecule has 0 unspecified atom stereocenters. The summed E-state index contributed by atoms with van der Waals surface area (Å²) in [5.74, 6) is 1.79. The predicted octanol–water partition coefficient (Wildman–Crippen LogP) is 3.32. The van der Waals surface area contributed by atoms with Gasteiger partial charge in [0.05, 0.1) is 6.61 Å². The van der Waals surface area contributed by atoms with Gasteiger partial charge in [0.1, 0.15) is 0 Å². The fraction of sp³-hybridized carbons (Fsp3) is 1.00. The minimum absolute atomic E-state index is 0.798. The van der Waals surface area contributed by atoms with E-state index in [-0.39, 0.29) is 0 Å². The highest BCUT2D eigenvalue weighted by Crippen LogP contribution is 2.26. The van der Waals surface area contributed by atoms with E-state index in [1.54, 1.807) is 0 Å². The highest BCUT2D eigenvalue weighted by molar-refractivity contribution is 4.76. The Morgan fingerprint density at radius 1 is 1.00 bits per heavy atom. The molecule has 0 radical (unpaired) electrons. The van der Waals surface area contributed by atoms with Gasteiger partial charge in [0, 0.05) is 19.7 Å². The third kappa shape index (κ3) is 4.59. The van der Waals surface area contributed by atoms with Crippen LogP contribution in [0.3, 0.4) is 0 Å². The number of rotatable bonds is 5. The van der Waals surface area contributed by atoms with Crippen LogP contribution in [0.15, 0.2) is 0 Å². The van der Waals surface area contributed by atoms with Crippen molar-refractivity contribution in [1.29, 1.82) is 0 Å². The van der Waals surface area contributed by atoms with E-state index >= 15 is 0 Å². The van der Waals surface area contributed by atoms with Crippen molar-refractivity contribution in [2.24, 2.45) is 11.8 Å². The fourth-order valence-corrected chi connectivity index (χ4v) is 3.47. The van der Waals surface area contributed by atoms with Gasteiger partial charge in [-0.1, -0.05) is 19.3 Å². The van der Waals surface area contributed by atoms with Crippen molar-refractivity contribution in [3.8, 4) is 0 Å². The molecular weight excluding hydrogens is 210 g/mol. The van der Waals surface area contributed by atoms with Crippen LogP contribution in [0, 0.1) is 11.8 Å². The highest BCUT2D eigenvalue weighted by atomic mass is 16.5. The van der Waals surface area contributed by atoms with Gasteiger partial charge in [0.15, 0.2) is 0 Å². The lowest BCUT2D eigenvalue weighted by atomic mass is 9.88. The quantitative estimate of drug-likeness (QED) is 0.730. The molecule has 0 amide bonds. The molecule has 1 saturated carbocycles. The van der Waals surface area contributed by atoms with E-state index in [9.17, 15) is 0 Å². The Morgan fingerprint density at radius 2 is 1.76 bits per heavy atom. The molecule has 1 aliphatic heterocycles. The summed E-state index contributed by atoms with van der Waals surface area (Å²) in [5.41, 5.74) is 0. The van der Waals surface area contributed by atoms with Crippen LogP contribution in [0.1, 0.15) is 51.9 Å². The van der Waals surface area contributed by atoms with Crippen molar-refractivity contribution in [3.63, 3.8) is 0 Å². The average molecular weight is 239 g/mol. The first-order valence-corrected chi connectivity index (χ1v) is 7.68. The molecular formula is C15H29NO. The lowest BCUT2D eigenvalue weighted by Gasteiger charge is -2.35. The molecule has 1 saturated heterocycles. The summed E-state index contributed by atoms with van der Waals surface area (Å²) in [4.78, 5) is 2.71. The van der Waals surface area contributed by atoms with Crippen LogP contribution in [-0.4, -0.2) is 37.7 Å². The van der Waals surface area contributed by atoms with Gasteiger partial charge in [-0.25, -0.2) is 0 Å². The summed E-state index contributed by atoms with van der Waals surface area (Å²) in [6, 6.07) is 0. The summed E-state index contributed by atoms with van der Waals surface area (Å²) in [5, 5.41) is 0. The third-order valence-corrected chi connectivity index (χ3v) is 4.40. The van der Waals surface area contributed by atoms with Crippen molar-refractivity contribution < 1.29 is 4.74 Å². The molecule has 0 spiro atoms. The molecule has 2 fully saturated rings. The molecule has 0 aromatic carbocycles. The van der Waals surface area contributed by atoms with Gasteiger partial charge < -0.3 is 9.64 Å². The minimum atomic E-state index is 0.798. The van der Waals surface area contributed by atoms with Gasteiger partial charge in [-0.05, 0) is 51.0 Å². The summed E-state index contributed by atoms with van der Waals surface area (Å²) in [6.45, 7) is 7.94. The van der Waals surface area contributed by atoms with Crippen LogP contribution in [0.5, 0.6) is 0 Å². The van der Waals surface area contributed by atoms with E-state index in [2.05, 4.69) is 11.8 Å². The van der Waals surface area contributed by atoms with Crippen LogP contribution in [-0.2, 0) is 4.74 Å². The van der Waals surface area contributed by atoms with E-state index in [1.165, 1.54) is 64.6 Å². The first kappa shape index (κ1) is 13.4. The molecule has 100 valence electrons. The van der Waals surface area contributed by atoms with Crippen LogP contribution in [0.25, 0.3) is 0 Å². The maximum atomic E-state index is 5.58. The van der Waals surface area contributed by atoms with Crippen molar-refractivity contribution in [1.82, 2.24) is 4.90 Å². The largest absolute Gasteiger partial charge is 0.381 e. The molecule has 0 aromatic rings. The zero-order valence-electron chi connectivity index (χ0n) is 11.5. The number of ether oxygens (including phenoxy) is 1. The molecule has 1 aliphatic carbocycles. The zero-order valence-corrected chi connectivity index (χ0v) is 11.5. The van der Waals surface area contributed by atoms with Gasteiger partial charge in [0.2, 0.25) is 0 Å². The molecule has 2 rings (SSSR count). The average Bonchev–Trinajstić information content (AvgIpc) is 2.38. The van der Waals surface area contributed by atoms with Crippen LogP contribution in [0.4, 0.5) is 0 Å². The monoisotopic (exact) mass is 239 g/mol. The number of likely N-dealkylation sites (tertiary alicyclic amines) is 1. The number of hydrogen-bond acceptors (Lipinski definition) is 2. The number of hydrogen-bond donors (Lipinski definition) is 0. The SMILES string of the molecule is CCOC[C@H]1CCCN(CC2CCCCC2)C1. The lowest BCUT2D eigenvalue weighted by molar-refractivity contribution is 0.0591. The summed E-state index contributed by atoms with van der Waals surface area (Å²) < 4.78 is 5.58. The maximum absolute atomic E-state index is 5.58. The highest BCUT2D eigenvalue weighted by Gasteiger charge is 2.23. The Kier molecular flexibility index (Phi) is 5.79. The third-order valence-electron chi connectivity index (χ3n) is 4.40. The van der Waals surface area contributed by atoms with Crippen molar-refractivity contribution in [2.75, 3.05) is 32.8 Å². The van der Waals surface area contributed by atoms with Gasteiger partial charge in [0.25, 0.3) is 0 Å². The topological polar surface area (TPSA) is 12.5 Å². The normalized spacial score (nSPS) is 28.4. The fourth-order valence-electron chi connectivity index (χ4n) is 3.47. The van der Waals surface area contributed by atoms with Crippen LogP contribution in [0.2, 0.25) is 0 Å². The van der Waals surface area contributed by atoms with E-state index in [0.29, 0.717) is 0 Å². The number of piperidine rings is 1. The summed E-state index contributed by atoms with van der Waals surface area (Å²) in [7, 11) is 0. The van der Waals surface area contributed by atoms with Crippen LogP contribution < -0.4 is 0 Å². The predicted molar refractivity (Wildman–Crippen MR) is 72.2 cm³/mol. The van der Waals surface area contributed by atoms with E-state index in [1.807, 2.05) is 0 Å². The Morgan fingerprint density at radius 3 is 2.53 bits per heavy atom. The van der Waals surface area contributed by atoms with Gasteiger partial charge >= 0.3 is 0 Å². The molecule has 1 heterocycles. The first-order valence-electron chi connectivity index (χ1n) is 7.68. The molecule has 1 atom stereocenters. The van der Waals surface area contributed by atoms with Crippen molar-refractivity contribution in [3.05, 3.63) is 0 Å². The molecule has 17 heavy (non-hydrogen) atoms. The first-order chi connectivity index (χ1) is 8.38. The minimum Gasteiger partial charge on any atom is -0.381 e. The standard InChI is InChI=1S/C15H29NO/c1-2-17-13-15-9-6-10-16(12-15)11-14-7-4-3-5-8-14/h14-15H,2-13H2,1H3/t15-/m0/s1. The Bertz CT molecular complexity index is 201. The number of nitrogens with zero attached hydrogens (tertiary/aromatic N) is 1. The van der Waals surface area contributed by atoms with Crippen LogP contribution >= 0.6 is 0 Å². The molecule has 0 bridgehead atoms. The van der Waals surface area contributed by atoms with Gasteiger partial charge in [-0.15, -0.1) is 0 Å². The lowest BCUT2D eigenvalue weighted by Crippen LogP contribution is -2.40. The Balaban J connectivity index is 1.68. The molecule has 2 nitrogen and oxygen atoms in total. The molecule has 0 aromatic heterocycles. The Hall–Kier alpha value is -0.0800. The maximum Gasteiger partial charge on any atom is 0.0506 e. The summed E-state index contributed by atoms with van der Waals surface area (Å²) in [6.07, 6.45) is 10.1. The van der Waals surface area contributed by atoms with Gasteiger partial charge in [-0.2, -0.15) is 0 Å². The Labute approximate surface area is 107 Å². The molecule has 0 N–H and O–H groups in total. The van der Waals surface area contributed by atoms with E-state index < -0.39 is 0 Å². The van der Waals surface area contributed by atoms with E-state index in [4.69, 9.17) is 4.74 Å². The van der Waals surface area contributed by atoms with Crippen molar-refractivity contribution in [2.45, 2.75) is 51.9 Å². The second-order valence-corrected chi connectivity index (χ2v) is 5.93. The van der Waals surface area contributed by atoms with Gasteiger partial charge in [-0.3, -0.25) is 0 Å². The zero-order chi connectivity index (χ0) is 11.9.